The molecule has 1 saturated heterocycles. The summed E-state index contributed by atoms with van der Waals surface area (Å²) in [5.41, 5.74) is 0. The van der Waals surface area contributed by atoms with E-state index in [9.17, 15) is 0 Å². The van der Waals surface area contributed by atoms with Gasteiger partial charge in [0, 0.05) is 17.1 Å². The van der Waals surface area contributed by atoms with E-state index >= 15 is 0 Å². The number of thiazole rings is 1. The van der Waals surface area contributed by atoms with Crippen molar-refractivity contribution in [2.24, 2.45) is 0 Å². The molecule has 1 aliphatic rings. The van der Waals surface area contributed by atoms with E-state index in [0.717, 1.165) is 19.0 Å². The van der Waals surface area contributed by atoms with Gasteiger partial charge in [0.15, 0.2) is 0 Å². The Morgan fingerprint density at radius 1 is 1.53 bits per heavy atom. The smallest absolute Gasteiger partial charge is 0.109 e. The van der Waals surface area contributed by atoms with Crippen LogP contribution >= 0.6 is 11.3 Å². The Morgan fingerprint density at radius 2 is 2.42 bits per heavy atom. The second-order valence-electron chi connectivity index (χ2n) is 5.48. The molecule has 0 radical (unpaired) electrons. The summed E-state index contributed by atoms with van der Waals surface area (Å²) in [4.78, 5) is 5.88. The Balaban J connectivity index is 1.61. The predicted octanol–water partition coefficient (Wildman–Crippen LogP) is 3.28. The Hall–Kier alpha value is -0.450. The van der Waals surface area contributed by atoms with Gasteiger partial charge in [-0.2, -0.15) is 0 Å². The predicted molar refractivity (Wildman–Crippen MR) is 82.8 cm³/mol. The van der Waals surface area contributed by atoms with Crippen LogP contribution in [0, 0.1) is 0 Å². The number of hydrogen-bond donors (Lipinski definition) is 2. The molecule has 4 heteroatoms. The zero-order chi connectivity index (χ0) is 13.5. The Morgan fingerprint density at radius 3 is 3.11 bits per heavy atom. The van der Waals surface area contributed by atoms with Crippen LogP contribution in [-0.2, 0) is 6.42 Å². The molecule has 2 N–H and O–H groups in total. The maximum atomic E-state index is 4.50. The molecular formula is C15H27N3S. The zero-order valence-corrected chi connectivity index (χ0v) is 13.1. The Labute approximate surface area is 121 Å². The van der Waals surface area contributed by atoms with E-state index in [-0.39, 0.29) is 0 Å². The monoisotopic (exact) mass is 281 g/mol. The molecule has 1 aromatic rings. The molecule has 0 saturated carbocycles. The highest BCUT2D eigenvalue weighted by molar-refractivity contribution is 7.11. The number of rotatable bonds is 7. The van der Waals surface area contributed by atoms with Gasteiger partial charge in [-0.3, -0.25) is 0 Å². The van der Waals surface area contributed by atoms with Gasteiger partial charge in [0.05, 0.1) is 6.04 Å². The van der Waals surface area contributed by atoms with Crippen LogP contribution < -0.4 is 10.6 Å². The van der Waals surface area contributed by atoms with Crippen LogP contribution in [0.5, 0.6) is 0 Å². The second kappa shape index (κ2) is 7.98. The molecule has 0 amide bonds. The number of aryl methyl sites for hydroxylation is 1. The maximum absolute atomic E-state index is 4.50. The summed E-state index contributed by atoms with van der Waals surface area (Å²) in [6, 6.07) is 1.15. The van der Waals surface area contributed by atoms with Gasteiger partial charge in [-0.25, -0.2) is 4.98 Å². The van der Waals surface area contributed by atoms with E-state index in [4.69, 9.17) is 0 Å². The summed E-state index contributed by atoms with van der Waals surface area (Å²) >= 11 is 1.84. The third kappa shape index (κ3) is 4.86. The molecule has 0 bridgehead atoms. The Bertz CT molecular complexity index is 358. The molecule has 0 aromatic carbocycles. The van der Waals surface area contributed by atoms with Crippen LogP contribution in [-0.4, -0.2) is 24.1 Å². The average Bonchev–Trinajstić information content (AvgIpc) is 2.93. The van der Waals surface area contributed by atoms with Crippen molar-refractivity contribution in [3.8, 4) is 0 Å². The lowest BCUT2D eigenvalue weighted by Gasteiger charge is -2.23. The molecule has 3 nitrogen and oxygen atoms in total. The number of aromatic nitrogens is 1. The lowest BCUT2D eigenvalue weighted by molar-refractivity contribution is 0.370. The molecule has 1 aliphatic heterocycles. The topological polar surface area (TPSA) is 37.0 Å². The number of nitrogens with one attached hydrogen (secondary N) is 2. The van der Waals surface area contributed by atoms with Crippen molar-refractivity contribution in [3.63, 3.8) is 0 Å². The van der Waals surface area contributed by atoms with Gasteiger partial charge in [-0.1, -0.05) is 13.3 Å². The second-order valence-corrected chi connectivity index (χ2v) is 6.63. The molecular weight excluding hydrogens is 254 g/mol. The summed E-state index contributed by atoms with van der Waals surface area (Å²) in [6.07, 6.45) is 9.80. The molecule has 0 aliphatic carbocycles. The van der Waals surface area contributed by atoms with Crippen molar-refractivity contribution < 1.29 is 0 Å². The summed E-state index contributed by atoms with van der Waals surface area (Å²) in [7, 11) is 0. The fraction of sp³-hybridized carbons (Fsp3) is 0.800. The van der Waals surface area contributed by atoms with Crippen LogP contribution in [0.1, 0.15) is 61.9 Å². The van der Waals surface area contributed by atoms with Crippen LogP contribution in [0.25, 0.3) is 0 Å². The third-order valence-corrected chi connectivity index (χ3v) is 5.21. The molecule has 108 valence electrons. The average molecular weight is 281 g/mol. The SMILES string of the molecule is CCc1cnc(C(C)NCCCC2CCCCN2)s1. The van der Waals surface area contributed by atoms with Crippen molar-refractivity contribution in [2.45, 2.75) is 64.5 Å². The number of nitrogens with zero attached hydrogens (tertiary/aromatic N) is 1. The third-order valence-electron chi connectivity index (χ3n) is 3.88. The summed E-state index contributed by atoms with van der Waals surface area (Å²) in [6.45, 7) is 6.72. The molecule has 19 heavy (non-hydrogen) atoms. The zero-order valence-electron chi connectivity index (χ0n) is 12.2. The van der Waals surface area contributed by atoms with Crippen molar-refractivity contribution in [1.82, 2.24) is 15.6 Å². The molecule has 2 unspecified atom stereocenters. The van der Waals surface area contributed by atoms with Crippen molar-refractivity contribution >= 4 is 11.3 Å². The minimum absolute atomic E-state index is 0.393. The van der Waals surface area contributed by atoms with Crippen molar-refractivity contribution in [3.05, 3.63) is 16.1 Å². The first-order chi connectivity index (χ1) is 9.29. The van der Waals surface area contributed by atoms with Gasteiger partial charge >= 0.3 is 0 Å². The van der Waals surface area contributed by atoms with Gasteiger partial charge in [0.25, 0.3) is 0 Å². The lowest BCUT2D eigenvalue weighted by atomic mass is 10.0. The lowest BCUT2D eigenvalue weighted by Crippen LogP contribution is -2.34. The summed E-state index contributed by atoms with van der Waals surface area (Å²) in [5.74, 6) is 0. The largest absolute Gasteiger partial charge is 0.314 e. The van der Waals surface area contributed by atoms with E-state index in [1.54, 1.807) is 0 Å². The van der Waals surface area contributed by atoms with Gasteiger partial charge in [-0.15, -0.1) is 11.3 Å². The molecule has 0 spiro atoms. The van der Waals surface area contributed by atoms with E-state index in [1.807, 2.05) is 17.5 Å². The highest BCUT2D eigenvalue weighted by atomic mass is 32.1. The van der Waals surface area contributed by atoms with Gasteiger partial charge in [0.2, 0.25) is 0 Å². The van der Waals surface area contributed by atoms with Crippen LogP contribution in [0.4, 0.5) is 0 Å². The van der Waals surface area contributed by atoms with Crippen LogP contribution in [0.15, 0.2) is 6.20 Å². The number of piperidine rings is 1. The standard InChI is InChI=1S/C15H27N3S/c1-3-14-11-18-15(19-14)12(2)16-10-6-8-13-7-4-5-9-17-13/h11-13,16-17H,3-10H2,1-2H3. The van der Waals surface area contributed by atoms with E-state index < -0.39 is 0 Å². The van der Waals surface area contributed by atoms with Gasteiger partial charge < -0.3 is 10.6 Å². The normalized spacial score (nSPS) is 21.5. The first-order valence-corrected chi connectivity index (χ1v) is 8.52. The molecule has 1 fully saturated rings. The fourth-order valence-corrected chi connectivity index (χ4v) is 3.49. The highest BCUT2D eigenvalue weighted by Crippen LogP contribution is 2.20. The quantitative estimate of drug-likeness (QED) is 0.753. The minimum atomic E-state index is 0.393. The maximum Gasteiger partial charge on any atom is 0.109 e. The molecule has 2 atom stereocenters. The van der Waals surface area contributed by atoms with E-state index in [0.29, 0.717) is 6.04 Å². The van der Waals surface area contributed by atoms with Gasteiger partial charge in [-0.05, 0) is 52.1 Å². The Kier molecular flexibility index (Phi) is 6.28. The first kappa shape index (κ1) is 14.9. The highest BCUT2D eigenvalue weighted by Gasteiger charge is 2.12. The summed E-state index contributed by atoms with van der Waals surface area (Å²) < 4.78 is 0. The summed E-state index contributed by atoms with van der Waals surface area (Å²) in [5, 5.41) is 8.44. The van der Waals surface area contributed by atoms with Crippen molar-refractivity contribution in [1.29, 1.82) is 0 Å². The number of hydrogen-bond acceptors (Lipinski definition) is 4. The first-order valence-electron chi connectivity index (χ1n) is 7.71. The minimum Gasteiger partial charge on any atom is -0.314 e. The molecule has 1 aromatic heterocycles. The van der Waals surface area contributed by atoms with Gasteiger partial charge in [0.1, 0.15) is 5.01 Å². The van der Waals surface area contributed by atoms with Crippen molar-refractivity contribution in [2.75, 3.05) is 13.1 Å². The molecule has 2 heterocycles. The van der Waals surface area contributed by atoms with Crippen LogP contribution in [0.2, 0.25) is 0 Å². The van der Waals surface area contributed by atoms with E-state index in [1.165, 1.54) is 48.5 Å². The molecule has 2 rings (SSSR count). The fourth-order valence-electron chi connectivity index (χ4n) is 2.61. The van der Waals surface area contributed by atoms with Crippen LogP contribution in [0.3, 0.4) is 0 Å². The van der Waals surface area contributed by atoms with E-state index in [2.05, 4.69) is 29.5 Å².